The predicted molar refractivity (Wildman–Crippen MR) is 108 cm³/mol. The van der Waals surface area contributed by atoms with Crippen molar-refractivity contribution in [3.05, 3.63) is 65.5 Å². The fourth-order valence-corrected chi connectivity index (χ4v) is 3.70. The zero-order valence-corrected chi connectivity index (χ0v) is 16.2. The zero-order chi connectivity index (χ0) is 19.2. The highest BCUT2D eigenvalue weighted by Gasteiger charge is 2.17. The number of benzene rings is 2. The average molecular weight is 368 g/mol. The van der Waals surface area contributed by atoms with Gasteiger partial charge in [0.1, 0.15) is 5.82 Å². The van der Waals surface area contributed by atoms with Gasteiger partial charge in [-0.05, 0) is 67.5 Å². The fourth-order valence-electron chi connectivity index (χ4n) is 3.70. The minimum Gasteiger partial charge on any atom is -0.371 e. The van der Waals surface area contributed by atoms with Crippen molar-refractivity contribution < 1.29 is 9.18 Å². The molecule has 2 atom stereocenters. The molecule has 0 spiro atoms. The van der Waals surface area contributed by atoms with Gasteiger partial charge < -0.3 is 10.2 Å². The summed E-state index contributed by atoms with van der Waals surface area (Å²) in [6, 6.07) is 14.8. The predicted octanol–water partition coefficient (Wildman–Crippen LogP) is 4.87. The molecule has 1 amide bonds. The molecule has 1 fully saturated rings. The Morgan fingerprint density at radius 1 is 1.19 bits per heavy atom. The third-order valence-corrected chi connectivity index (χ3v) is 5.35. The first kappa shape index (κ1) is 19.4. The summed E-state index contributed by atoms with van der Waals surface area (Å²) in [5, 5.41) is 3.06. The van der Waals surface area contributed by atoms with Crippen LogP contribution in [0.5, 0.6) is 0 Å². The lowest BCUT2D eigenvalue weighted by Gasteiger charge is -2.33. The van der Waals surface area contributed by atoms with Crippen LogP contribution in [0, 0.1) is 11.7 Å². The van der Waals surface area contributed by atoms with E-state index in [1.54, 1.807) is 12.1 Å². The van der Waals surface area contributed by atoms with Gasteiger partial charge in [0.15, 0.2) is 0 Å². The highest BCUT2D eigenvalue weighted by atomic mass is 19.1. The number of hydrogen-bond acceptors (Lipinski definition) is 2. The summed E-state index contributed by atoms with van der Waals surface area (Å²) in [5.74, 6) is 0.512. The number of nitrogens with zero attached hydrogens (tertiary/aromatic N) is 1. The number of anilines is 1. The van der Waals surface area contributed by atoms with E-state index in [0.717, 1.165) is 30.1 Å². The number of carbonyl (C=O) groups is 1. The van der Waals surface area contributed by atoms with E-state index >= 15 is 0 Å². The van der Waals surface area contributed by atoms with Crippen LogP contribution < -0.4 is 10.2 Å². The van der Waals surface area contributed by atoms with Crippen LogP contribution in [0.2, 0.25) is 0 Å². The van der Waals surface area contributed by atoms with Crippen LogP contribution in [0.1, 0.15) is 50.3 Å². The number of rotatable bonds is 6. The van der Waals surface area contributed by atoms with Crippen molar-refractivity contribution >= 4 is 11.6 Å². The second-order valence-electron chi connectivity index (χ2n) is 7.70. The SMILES string of the molecule is C[C@@H]1CCCN(c2ccc([C@H](C)NC(=O)CCc3ccc(F)cc3)cc2)C1. The van der Waals surface area contributed by atoms with Crippen molar-refractivity contribution in [2.45, 2.75) is 45.6 Å². The molecule has 27 heavy (non-hydrogen) atoms. The molecule has 3 rings (SSSR count). The van der Waals surface area contributed by atoms with Crippen LogP contribution in [0.4, 0.5) is 10.1 Å². The number of piperidine rings is 1. The lowest BCUT2D eigenvalue weighted by Crippen LogP contribution is -2.34. The van der Waals surface area contributed by atoms with Gasteiger partial charge in [-0.3, -0.25) is 4.79 Å². The molecular formula is C23H29FN2O. The van der Waals surface area contributed by atoms with Crippen molar-refractivity contribution in [3.8, 4) is 0 Å². The minimum atomic E-state index is -0.251. The Morgan fingerprint density at radius 2 is 1.89 bits per heavy atom. The molecule has 1 aliphatic rings. The Hall–Kier alpha value is -2.36. The number of halogens is 1. The average Bonchev–Trinajstić information content (AvgIpc) is 2.67. The number of amides is 1. The van der Waals surface area contributed by atoms with Crippen LogP contribution >= 0.6 is 0 Å². The summed E-state index contributed by atoms with van der Waals surface area (Å²) in [6.07, 6.45) is 3.59. The second kappa shape index (κ2) is 9.03. The van der Waals surface area contributed by atoms with E-state index in [0.29, 0.717) is 12.8 Å². The second-order valence-corrected chi connectivity index (χ2v) is 7.70. The van der Waals surface area contributed by atoms with Crippen LogP contribution in [-0.4, -0.2) is 19.0 Å². The molecule has 0 radical (unpaired) electrons. The molecule has 2 aromatic rings. The zero-order valence-electron chi connectivity index (χ0n) is 16.2. The van der Waals surface area contributed by atoms with E-state index in [1.807, 2.05) is 6.92 Å². The van der Waals surface area contributed by atoms with Gasteiger partial charge in [-0.2, -0.15) is 0 Å². The maximum atomic E-state index is 12.9. The molecule has 1 aliphatic heterocycles. The summed E-state index contributed by atoms with van der Waals surface area (Å²) < 4.78 is 12.9. The Kier molecular flexibility index (Phi) is 6.49. The Bertz CT molecular complexity index is 742. The van der Waals surface area contributed by atoms with Gasteiger partial charge in [0.2, 0.25) is 5.91 Å². The van der Waals surface area contributed by atoms with Gasteiger partial charge in [-0.25, -0.2) is 4.39 Å². The first-order chi connectivity index (χ1) is 13.0. The summed E-state index contributed by atoms with van der Waals surface area (Å²) in [6.45, 7) is 6.56. The summed E-state index contributed by atoms with van der Waals surface area (Å²) >= 11 is 0. The monoisotopic (exact) mass is 368 g/mol. The molecule has 1 saturated heterocycles. The van der Waals surface area contributed by atoms with E-state index < -0.39 is 0 Å². The Morgan fingerprint density at radius 3 is 2.56 bits per heavy atom. The molecule has 4 heteroatoms. The van der Waals surface area contributed by atoms with Crippen LogP contribution in [0.25, 0.3) is 0 Å². The molecule has 0 bridgehead atoms. The Balaban J connectivity index is 1.50. The normalized spacial score (nSPS) is 18.2. The van der Waals surface area contributed by atoms with E-state index in [9.17, 15) is 9.18 Å². The third kappa shape index (κ3) is 5.56. The fraction of sp³-hybridized carbons (Fsp3) is 0.435. The first-order valence-corrected chi connectivity index (χ1v) is 9.90. The molecule has 1 N–H and O–H groups in total. The van der Waals surface area contributed by atoms with Gasteiger partial charge in [-0.1, -0.05) is 31.2 Å². The molecule has 0 unspecified atom stereocenters. The van der Waals surface area contributed by atoms with Crippen molar-refractivity contribution in [3.63, 3.8) is 0 Å². The van der Waals surface area contributed by atoms with Crippen molar-refractivity contribution in [1.82, 2.24) is 5.32 Å². The lowest BCUT2D eigenvalue weighted by atomic mass is 9.99. The van der Waals surface area contributed by atoms with Gasteiger partial charge in [0.25, 0.3) is 0 Å². The number of carbonyl (C=O) groups excluding carboxylic acids is 1. The van der Waals surface area contributed by atoms with E-state index in [2.05, 4.69) is 41.4 Å². The molecule has 144 valence electrons. The van der Waals surface area contributed by atoms with Gasteiger partial charge in [0.05, 0.1) is 6.04 Å². The summed E-state index contributed by atoms with van der Waals surface area (Å²) in [7, 11) is 0. The molecule has 2 aromatic carbocycles. The van der Waals surface area contributed by atoms with Gasteiger partial charge >= 0.3 is 0 Å². The van der Waals surface area contributed by atoms with Crippen molar-refractivity contribution in [2.24, 2.45) is 5.92 Å². The number of nitrogens with one attached hydrogen (secondary N) is 1. The molecule has 1 heterocycles. The lowest BCUT2D eigenvalue weighted by molar-refractivity contribution is -0.121. The van der Waals surface area contributed by atoms with E-state index in [4.69, 9.17) is 0 Å². The highest BCUT2D eigenvalue weighted by Crippen LogP contribution is 2.24. The summed E-state index contributed by atoms with van der Waals surface area (Å²) in [4.78, 5) is 14.7. The molecule has 0 aromatic heterocycles. The largest absolute Gasteiger partial charge is 0.371 e. The van der Waals surface area contributed by atoms with Gasteiger partial charge in [0, 0.05) is 25.2 Å². The smallest absolute Gasteiger partial charge is 0.220 e. The minimum absolute atomic E-state index is 0.0146. The number of hydrogen-bond donors (Lipinski definition) is 1. The van der Waals surface area contributed by atoms with Gasteiger partial charge in [-0.15, -0.1) is 0 Å². The topological polar surface area (TPSA) is 32.3 Å². The molecule has 0 aliphatic carbocycles. The first-order valence-electron chi connectivity index (χ1n) is 9.90. The highest BCUT2D eigenvalue weighted by molar-refractivity contribution is 5.76. The maximum Gasteiger partial charge on any atom is 0.220 e. The Labute approximate surface area is 161 Å². The standard InChI is InChI=1S/C23H29FN2O/c1-17-4-3-15-26(16-17)22-12-8-20(9-13-22)18(2)25-23(27)14-7-19-5-10-21(24)11-6-19/h5-6,8-13,17-18H,3-4,7,14-16H2,1-2H3,(H,25,27)/t17-,18+/m1/s1. The third-order valence-electron chi connectivity index (χ3n) is 5.35. The molecule has 3 nitrogen and oxygen atoms in total. The quantitative estimate of drug-likeness (QED) is 0.789. The number of aryl methyl sites for hydroxylation is 1. The maximum absolute atomic E-state index is 12.9. The van der Waals surface area contributed by atoms with Crippen LogP contribution in [0.15, 0.2) is 48.5 Å². The van der Waals surface area contributed by atoms with E-state index in [1.165, 1.54) is 30.7 Å². The van der Waals surface area contributed by atoms with Crippen molar-refractivity contribution in [1.29, 1.82) is 0 Å². The van der Waals surface area contributed by atoms with Crippen LogP contribution in [0.3, 0.4) is 0 Å². The molecule has 0 saturated carbocycles. The van der Waals surface area contributed by atoms with E-state index in [-0.39, 0.29) is 17.8 Å². The van der Waals surface area contributed by atoms with Crippen LogP contribution in [-0.2, 0) is 11.2 Å². The van der Waals surface area contributed by atoms with Crippen molar-refractivity contribution in [2.75, 3.05) is 18.0 Å². The summed E-state index contributed by atoms with van der Waals surface area (Å²) in [5.41, 5.74) is 3.35. The molecular weight excluding hydrogens is 339 g/mol.